The number of halogens is 3. The van der Waals surface area contributed by atoms with Crippen molar-refractivity contribution in [1.82, 2.24) is 4.98 Å². The molecule has 0 aliphatic carbocycles. The molecule has 0 aliphatic rings. The summed E-state index contributed by atoms with van der Waals surface area (Å²) in [4.78, 5) is 3.85. The molecule has 0 radical (unpaired) electrons. The third-order valence-electron chi connectivity index (χ3n) is 2.11. The van der Waals surface area contributed by atoms with Gasteiger partial charge in [-0.2, -0.15) is 4.39 Å². The van der Waals surface area contributed by atoms with E-state index in [-0.39, 0.29) is 5.03 Å². The van der Waals surface area contributed by atoms with Crippen molar-refractivity contribution < 1.29 is 17.9 Å². The molecular formula is C12H8F3NOS. The molecule has 0 atom stereocenters. The summed E-state index contributed by atoms with van der Waals surface area (Å²) in [6.45, 7) is 0. The molecule has 0 N–H and O–H groups in total. The lowest BCUT2D eigenvalue weighted by Crippen LogP contribution is -1.95. The molecule has 6 heteroatoms. The van der Waals surface area contributed by atoms with E-state index in [0.717, 1.165) is 11.8 Å². The summed E-state index contributed by atoms with van der Waals surface area (Å²) in [5.41, 5.74) is 0. The molecule has 18 heavy (non-hydrogen) atoms. The summed E-state index contributed by atoms with van der Waals surface area (Å²) in [5.74, 6) is -2.94. The Labute approximate surface area is 106 Å². The van der Waals surface area contributed by atoms with Crippen LogP contribution in [0.25, 0.3) is 0 Å². The maximum atomic E-state index is 13.4. The number of benzene rings is 1. The van der Waals surface area contributed by atoms with E-state index < -0.39 is 17.6 Å². The Morgan fingerprint density at radius 2 is 1.89 bits per heavy atom. The Morgan fingerprint density at radius 3 is 2.61 bits per heavy atom. The Hall–Kier alpha value is -1.69. The molecule has 0 amide bonds. The molecule has 2 nitrogen and oxygen atoms in total. The molecular weight excluding hydrogens is 263 g/mol. The van der Waals surface area contributed by atoms with Gasteiger partial charge in [0.2, 0.25) is 5.95 Å². The van der Waals surface area contributed by atoms with Crippen LogP contribution in [0.15, 0.2) is 40.3 Å². The third-order valence-corrected chi connectivity index (χ3v) is 3.08. The third kappa shape index (κ3) is 2.76. The van der Waals surface area contributed by atoms with Gasteiger partial charge in [-0.3, -0.25) is 0 Å². The van der Waals surface area contributed by atoms with Crippen molar-refractivity contribution in [1.29, 1.82) is 0 Å². The van der Waals surface area contributed by atoms with Crippen LogP contribution in [0.3, 0.4) is 0 Å². The van der Waals surface area contributed by atoms with E-state index in [4.69, 9.17) is 4.74 Å². The maximum Gasteiger partial charge on any atom is 0.250 e. The SMILES string of the molecule is COc1cccc(Sc2nc(F)c(F)cc2F)c1. The standard InChI is InChI=1S/C12H8F3NOS/c1-17-7-3-2-4-8(5-7)18-12-10(14)6-9(13)11(15)16-12/h2-6H,1H3. The van der Waals surface area contributed by atoms with Crippen molar-refractivity contribution in [3.63, 3.8) is 0 Å². The fraction of sp³-hybridized carbons (Fsp3) is 0.0833. The van der Waals surface area contributed by atoms with Crippen LogP contribution in [-0.2, 0) is 0 Å². The maximum absolute atomic E-state index is 13.4. The molecule has 94 valence electrons. The quantitative estimate of drug-likeness (QED) is 0.795. The van der Waals surface area contributed by atoms with E-state index in [1.165, 1.54) is 7.11 Å². The van der Waals surface area contributed by atoms with Gasteiger partial charge < -0.3 is 4.74 Å². The highest BCUT2D eigenvalue weighted by Gasteiger charge is 2.13. The molecule has 0 spiro atoms. The van der Waals surface area contributed by atoms with Crippen LogP contribution in [0.5, 0.6) is 5.75 Å². The number of ether oxygens (including phenoxy) is 1. The number of hydrogen-bond donors (Lipinski definition) is 0. The van der Waals surface area contributed by atoms with Gasteiger partial charge in [-0.05, 0) is 18.2 Å². The van der Waals surface area contributed by atoms with Crippen LogP contribution in [0, 0.1) is 17.6 Å². The molecule has 0 unspecified atom stereocenters. The topological polar surface area (TPSA) is 22.1 Å². The molecule has 2 aromatic rings. The predicted octanol–water partition coefficient (Wildman–Crippen LogP) is 3.66. The highest BCUT2D eigenvalue weighted by atomic mass is 32.2. The lowest BCUT2D eigenvalue weighted by molar-refractivity contribution is 0.413. The number of rotatable bonds is 3. The summed E-state index contributed by atoms with van der Waals surface area (Å²) in [6, 6.07) is 7.24. The zero-order valence-corrected chi connectivity index (χ0v) is 10.1. The van der Waals surface area contributed by atoms with E-state index in [0.29, 0.717) is 16.7 Å². The van der Waals surface area contributed by atoms with Crippen LogP contribution in [0.1, 0.15) is 0 Å². The molecule has 1 aromatic carbocycles. The van der Waals surface area contributed by atoms with Crippen LogP contribution < -0.4 is 4.74 Å². The van der Waals surface area contributed by atoms with Crippen molar-refractivity contribution in [2.24, 2.45) is 0 Å². The second-order valence-electron chi connectivity index (χ2n) is 3.33. The normalized spacial score (nSPS) is 10.4. The molecule has 0 fully saturated rings. The van der Waals surface area contributed by atoms with Gasteiger partial charge in [-0.25, -0.2) is 13.8 Å². The second-order valence-corrected chi connectivity index (χ2v) is 4.39. The second kappa shape index (κ2) is 5.30. The first-order valence-corrected chi connectivity index (χ1v) is 5.75. The van der Waals surface area contributed by atoms with Gasteiger partial charge in [0.05, 0.1) is 7.11 Å². The smallest absolute Gasteiger partial charge is 0.250 e. The van der Waals surface area contributed by atoms with Gasteiger partial charge in [0, 0.05) is 11.0 Å². The summed E-state index contributed by atoms with van der Waals surface area (Å²) < 4.78 is 44.0. The lowest BCUT2D eigenvalue weighted by Gasteiger charge is -2.05. The average molecular weight is 271 g/mol. The van der Waals surface area contributed by atoms with Crippen LogP contribution in [-0.4, -0.2) is 12.1 Å². The Bertz CT molecular complexity index is 577. The number of hydrogen-bond acceptors (Lipinski definition) is 3. The molecule has 1 aromatic heterocycles. The molecule has 0 aliphatic heterocycles. The summed E-state index contributed by atoms with van der Waals surface area (Å²) >= 11 is 0.894. The van der Waals surface area contributed by atoms with Crippen LogP contribution in [0.4, 0.5) is 13.2 Å². The van der Waals surface area contributed by atoms with Gasteiger partial charge in [0.25, 0.3) is 0 Å². The van der Waals surface area contributed by atoms with E-state index in [2.05, 4.69) is 4.98 Å². The first kappa shape index (κ1) is 12.8. The number of nitrogens with zero attached hydrogens (tertiary/aromatic N) is 1. The molecule has 2 rings (SSSR count). The molecule has 0 saturated carbocycles. The number of pyridine rings is 1. The van der Waals surface area contributed by atoms with Crippen LogP contribution >= 0.6 is 11.8 Å². The molecule has 0 bridgehead atoms. The molecule has 1 heterocycles. The zero-order valence-electron chi connectivity index (χ0n) is 9.28. The Morgan fingerprint density at radius 1 is 1.11 bits per heavy atom. The first-order chi connectivity index (χ1) is 8.60. The largest absolute Gasteiger partial charge is 0.497 e. The van der Waals surface area contributed by atoms with Gasteiger partial charge in [-0.1, -0.05) is 17.8 Å². The fourth-order valence-corrected chi connectivity index (χ4v) is 2.10. The highest BCUT2D eigenvalue weighted by molar-refractivity contribution is 7.99. The van der Waals surface area contributed by atoms with Gasteiger partial charge in [0.1, 0.15) is 10.8 Å². The van der Waals surface area contributed by atoms with E-state index in [1.54, 1.807) is 24.3 Å². The Kier molecular flexibility index (Phi) is 3.76. The molecule has 0 saturated heterocycles. The Balaban J connectivity index is 2.30. The first-order valence-electron chi connectivity index (χ1n) is 4.93. The average Bonchev–Trinajstić information content (AvgIpc) is 2.36. The van der Waals surface area contributed by atoms with E-state index in [1.807, 2.05) is 0 Å². The van der Waals surface area contributed by atoms with Gasteiger partial charge in [-0.15, -0.1) is 0 Å². The van der Waals surface area contributed by atoms with Crippen molar-refractivity contribution in [2.45, 2.75) is 9.92 Å². The monoisotopic (exact) mass is 271 g/mol. The zero-order chi connectivity index (χ0) is 13.1. The van der Waals surface area contributed by atoms with Crippen molar-refractivity contribution in [2.75, 3.05) is 7.11 Å². The van der Waals surface area contributed by atoms with E-state index >= 15 is 0 Å². The van der Waals surface area contributed by atoms with Crippen LogP contribution in [0.2, 0.25) is 0 Å². The lowest BCUT2D eigenvalue weighted by atomic mass is 10.3. The minimum Gasteiger partial charge on any atom is -0.497 e. The minimum atomic E-state index is -1.32. The van der Waals surface area contributed by atoms with E-state index in [9.17, 15) is 13.2 Å². The van der Waals surface area contributed by atoms with Gasteiger partial charge in [0.15, 0.2) is 11.6 Å². The van der Waals surface area contributed by atoms with Crippen molar-refractivity contribution in [3.05, 3.63) is 47.9 Å². The number of aromatic nitrogens is 1. The van der Waals surface area contributed by atoms with Crippen molar-refractivity contribution in [3.8, 4) is 5.75 Å². The van der Waals surface area contributed by atoms with Crippen molar-refractivity contribution >= 4 is 11.8 Å². The predicted molar refractivity (Wildman–Crippen MR) is 61.2 cm³/mol. The fourth-order valence-electron chi connectivity index (χ4n) is 1.28. The summed E-state index contributed by atoms with van der Waals surface area (Å²) in [7, 11) is 1.50. The summed E-state index contributed by atoms with van der Waals surface area (Å²) in [5, 5.41) is -0.220. The highest BCUT2D eigenvalue weighted by Crippen LogP contribution is 2.30. The summed E-state index contributed by atoms with van der Waals surface area (Å²) in [6.07, 6.45) is 0. The van der Waals surface area contributed by atoms with Gasteiger partial charge >= 0.3 is 0 Å². The number of methoxy groups -OCH3 is 1. The minimum absolute atomic E-state index is 0.220.